The van der Waals surface area contributed by atoms with Crippen LogP contribution in [0.4, 0.5) is 15.8 Å². The third-order valence-electron chi connectivity index (χ3n) is 3.21. The van der Waals surface area contributed by atoms with Crippen LogP contribution in [0.2, 0.25) is 0 Å². The fraction of sp³-hybridized carbons (Fsp3) is 0.600. The first kappa shape index (κ1) is 16.2. The molecule has 0 aliphatic heterocycles. The van der Waals surface area contributed by atoms with Gasteiger partial charge in [0.05, 0.1) is 5.69 Å². The van der Waals surface area contributed by atoms with Gasteiger partial charge in [-0.1, -0.05) is 0 Å². The monoisotopic (exact) mass is 284 g/mol. The predicted octanol–water partition coefficient (Wildman–Crippen LogP) is 4.23. The van der Waals surface area contributed by atoms with Crippen molar-refractivity contribution in [2.75, 3.05) is 35.8 Å². The van der Waals surface area contributed by atoms with Gasteiger partial charge in [-0.2, -0.15) is 11.8 Å². The van der Waals surface area contributed by atoms with Crippen LogP contribution >= 0.6 is 11.8 Å². The van der Waals surface area contributed by atoms with Gasteiger partial charge in [-0.3, -0.25) is 0 Å². The number of nitrogens with one attached hydrogen (secondary N) is 1. The molecule has 0 radical (unpaired) electrons. The van der Waals surface area contributed by atoms with Gasteiger partial charge in [-0.15, -0.1) is 0 Å². The summed E-state index contributed by atoms with van der Waals surface area (Å²) in [5.74, 6) is 1.03. The van der Waals surface area contributed by atoms with Gasteiger partial charge in [-0.25, -0.2) is 4.39 Å². The average Bonchev–Trinajstić information content (AvgIpc) is 2.38. The first-order valence-electron chi connectivity index (χ1n) is 6.81. The van der Waals surface area contributed by atoms with Crippen LogP contribution in [0.25, 0.3) is 0 Å². The second kappa shape index (κ2) is 8.31. The molecule has 1 rings (SSSR count). The van der Waals surface area contributed by atoms with Crippen molar-refractivity contribution >= 4 is 23.1 Å². The molecule has 0 amide bonds. The molecule has 108 valence electrons. The molecular weight excluding hydrogens is 259 g/mol. The van der Waals surface area contributed by atoms with Crippen molar-refractivity contribution in [3.05, 3.63) is 24.0 Å². The Kier molecular flexibility index (Phi) is 7.06. The Morgan fingerprint density at radius 1 is 1.32 bits per heavy atom. The number of hydrogen-bond acceptors (Lipinski definition) is 3. The molecule has 0 saturated carbocycles. The lowest BCUT2D eigenvalue weighted by Gasteiger charge is -2.24. The van der Waals surface area contributed by atoms with Crippen LogP contribution in [0.5, 0.6) is 0 Å². The Morgan fingerprint density at radius 2 is 2.05 bits per heavy atom. The molecule has 19 heavy (non-hydrogen) atoms. The van der Waals surface area contributed by atoms with Crippen LogP contribution in [0.15, 0.2) is 18.2 Å². The lowest BCUT2D eigenvalue weighted by molar-refractivity contribution is 0.614. The molecule has 0 aromatic heterocycles. The highest BCUT2D eigenvalue weighted by Crippen LogP contribution is 2.23. The van der Waals surface area contributed by atoms with Crippen molar-refractivity contribution in [3.8, 4) is 0 Å². The van der Waals surface area contributed by atoms with E-state index in [1.165, 1.54) is 12.2 Å². The second-order valence-corrected chi connectivity index (χ2v) is 5.98. The summed E-state index contributed by atoms with van der Waals surface area (Å²) >= 11 is 1.86. The highest BCUT2D eigenvalue weighted by molar-refractivity contribution is 7.98. The number of anilines is 2. The largest absolute Gasteiger partial charge is 0.385 e. The topological polar surface area (TPSA) is 15.3 Å². The summed E-state index contributed by atoms with van der Waals surface area (Å²) in [7, 11) is 1.92. The highest BCUT2D eigenvalue weighted by Gasteiger charge is 2.10. The molecule has 0 heterocycles. The summed E-state index contributed by atoms with van der Waals surface area (Å²) in [6, 6.07) is 5.67. The number of unbranched alkanes of at least 4 members (excludes halogenated alkanes) is 1. The van der Waals surface area contributed by atoms with Gasteiger partial charge in [0.25, 0.3) is 0 Å². The molecule has 0 fully saturated rings. The van der Waals surface area contributed by atoms with Crippen molar-refractivity contribution in [1.29, 1.82) is 0 Å². The van der Waals surface area contributed by atoms with E-state index in [1.807, 2.05) is 35.8 Å². The number of halogens is 1. The molecule has 0 spiro atoms. The Bertz CT molecular complexity index is 382. The van der Waals surface area contributed by atoms with Gasteiger partial charge in [0.1, 0.15) is 5.82 Å². The Hall–Kier alpha value is -0.900. The van der Waals surface area contributed by atoms with E-state index >= 15 is 0 Å². The van der Waals surface area contributed by atoms with Crippen molar-refractivity contribution in [2.45, 2.75) is 32.7 Å². The molecule has 1 aromatic carbocycles. The maximum Gasteiger partial charge on any atom is 0.148 e. The Labute approximate surface area is 120 Å². The molecule has 0 saturated heterocycles. The zero-order chi connectivity index (χ0) is 14.3. The van der Waals surface area contributed by atoms with Crippen LogP contribution in [0.3, 0.4) is 0 Å². The normalized spacial score (nSPS) is 10.8. The van der Waals surface area contributed by atoms with E-state index in [1.54, 1.807) is 6.07 Å². The minimum Gasteiger partial charge on any atom is -0.385 e. The standard InChI is InChI=1S/C15H25FN2S/c1-12(2)18(3)15-8-7-13(11-14(15)16)17-9-5-6-10-19-4/h7-8,11-12,17H,5-6,9-10H2,1-4H3. The van der Waals surface area contributed by atoms with Gasteiger partial charge in [0.2, 0.25) is 0 Å². The molecule has 0 aliphatic carbocycles. The van der Waals surface area contributed by atoms with E-state index in [2.05, 4.69) is 25.4 Å². The summed E-state index contributed by atoms with van der Waals surface area (Å²) in [5, 5.41) is 3.27. The summed E-state index contributed by atoms with van der Waals surface area (Å²) in [5.41, 5.74) is 1.52. The summed E-state index contributed by atoms with van der Waals surface area (Å²) < 4.78 is 14.0. The van der Waals surface area contributed by atoms with Crippen LogP contribution in [0.1, 0.15) is 26.7 Å². The third kappa shape index (κ3) is 5.31. The summed E-state index contributed by atoms with van der Waals surface area (Å²) in [4.78, 5) is 1.94. The summed E-state index contributed by atoms with van der Waals surface area (Å²) in [6.07, 6.45) is 4.44. The number of nitrogens with zero attached hydrogens (tertiary/aromatic N) is 1. The smallest absolute Gasteiger partial charge is 0.148 e. The first-order chi connectivity index (χ1) is 9.06. The number of thioether (sulfide) groups is 1. The second-order valence-electron chi connectivity index (χ2n) is 5.00. The fourth-order valence-electron chi connectivity index (χ4n) is 1.79. The number of benzene rings is 1. The zero-order valence-electron chi connectivity index (χ0n) is 12.4. The van der Waals surface area contributed by atoms with Gasteiger partial charge in [0, 0.05) is 25.3 Å². The van der Waals surface area contributed by atoms with E-state index in [9.17, 15) is 4.39 Å². The van der Waals surface area contributed by atoms with Crippen LogP contribution < -0.4 is 10.2 Å². The van der Waals surface area contributed by atoms with Gasteiger partial charge in [0.15, 0.2) is 0 Å². The molecule has 1 N–H and O–H groups in total. The molecule has 0 aliphatic rings. The minimum atomic E-state index is -0.162. The van der Waals surface area contributed by atoms with Crippen molar-refractivity contribution in [2.24, 2.45) is 0 Å². The van der Waals surface area contributed by atoms with E-state index in [0.717, 1.165) is 18.7 Å². The molecule has 4 heteroatoms. The van der Waals surface area contributed by atoms with E-state index < -0.39 is 0 Å². The van der Waals surface area contributed by atoms with Crippen LogP contribution in [-0.4, -0.2) is 31.6 Å². The zero-order valence-corrected chi connectivity index (χ0v) is 13.2. The van der Waals surface area contributed by atoms with Crippen molar-refractivity contribution < 1.29 is 4.39 Å². The van der Waals surface area contributed by atoms with Crippen molar-refractivity contribution in [3.63, 3.8) is 0 Å². The first-order valence-corrected chi connectivity index (χ1v) is 8.21. The predicted molar refractivity (Wildman–Crippen MR) is 86.0 cm³/mol. The molecule has 0 bridgehead atoms. The maximum absolute atomic E-state index is 14.0. The van der Waals surface area contributed by atoms with Crippen LogP contribution in [-0.2, 0) is 0 Å². The number of rotatable bonds is 8. The SMILES string of the molecule is CSCCCCNc1ccc(N(C)C(C)C)c(F)c1. The third-order valence-corrected chi connectivity index (χ3v) is 3.90. The van der Waals surface area contributed by atoms with Gasteiger partial charge in [-0.05, 0) is 56.9 Å². The van der Waals surface area contributed by atoms with Crippen molar-refractivity contribution in [1.82, 2.24) is 0 Å². The highest BCUT2D eigenvalue weighted by atomic mass is 32.2. The lowest BCUT2D eigenvalue weighted by Crippen LogP contribution is -2.26. The molecule has 2 nitrogen and oxygen atoms in total. The van der Waals surface area contributed by atoms with E-state index in [4.69, 9.17) is 0 Å². The number of hydrogen-bond donors (Lipinski definition) is 1. The quantitative estimate of drug-likeness (QED) is 0.719. The fourth-order valence-corrected chi connectivity index (χ4v) is 2.28. The average molecular weight is 284 g/mol. The summed E-state index contributed by atoms with van der Waals surface area (Å²) in [6.45, 7) is 5.01. The Morgan fingerprint density at radius 3 is 2.63 bits per heavy atom. The minimum absolute atomic E-state index is 0.162. The molecule has 1 aromatic rings. The maximum atomic E-state index is 14.0. The molecule has 0 unspecified atom stereocenters. The lowest BCUT2D eigenvalue weighted by atomic mass is 10.2. The van der Waals surface area contributed by atoms with E-state index in [-0.39, 0.29) is 5.82 Å². The Balaban J connectivity index is 2.52. The van der Waals surface area contributed by atoms with Gasteiger partial charge < -0.3 is 10.2 Å². The van der Waals surface area contributed by atoms with E-state index in [0.29, 0.717) is 11.7 Å². The van der Waals surface area contributed by atoms with Crippen LogP contribution in [0, 0.1) is 5.82 Å². The van der Waals surface area contributed by atoms with Gasteiger partial charge >= 0.3 is 0 Å². The molecular formula is C15H25FN2S. The molecule has 0 atom stereocenters.